The molecular formula is C10H21NO. The van der Waals surface area contributed by atoms with Gasteiger partial charge >= 0.3 is 0 Å². The van der Waals surface area contributed by atoms with Crippen LogP contribution in [0.25, 0.3) is 0 Å². The van der Waals surface area contributed by atoms with Gasteiger partial charge in [0.25, 0.3) is 0 Å². The summed E-state index contributed by atoms with van der Waals surface area (Å²) in [5.74, 6) is 0. The highest BCUT2D eigenvalue weighted by atomic mass is 16.3. The average molecular weight is 171 g/mol. The number of likely N-dealkylation sites (tertiary alicyclic amines) is 1. The summed E-state index contributed by atoms with van der Waals surface area (Å²) in [5, 5.41) is 9.87. The molecule has 0 aliphatic carbocycles. The summed E-state index contributed by atoms with van der Waals surface area (Å²) in [5.41, 5.74) is -0.268. The average Bonchev–Trinajstić information content (AvgIpc) is 1.83. The van der Waals surface area contributed by atoms with Crippen LogP contribution in [0, 0.1) is 0 Å². The SMILES string of the molecule is CC1(O)CCCN(C(C)(C)C)C1. The smallest absolute Gasteiger partial charge is 0.0746 e. The molecule has 0 bridgehead atoms. The van der Waals surface area contributed by atoms with Gasteiger partial charge in [0.05, 0.1) is 5.60 Å². The van der Waals surface area contributed by atoms with Crippen molar-refractivity contribution < 1.29 is 5.11 Å². The van der Waals surface area contributed by atoms with E-state index in [9.17, 15) is 5.11 Å². The van der Waals surface area contributed by atoms with Gasteiger partial charge in [0.2, 0.25) is 0 Å². The molecule has 1 heterocycles. The first-order valence-electron chi connectivity index (χ1n) is 4.79. The first kappa shape index (κ1) is 10.0. The minimum Gasteiger partial charge on any atom is -0.389 e. The van der Waals surface area contributed by atoms with Crippen LogP contribution >= 0.6 is 0 Å². The molecule has 1 aliphatic heterocycles. The zero-order valence-electron chi connectivity index (χ0n) is 8.72. The minimum absolute atomic E-state index is 0.199. The van der Waals surface area contributed by atoms with Gasteiger partial charge in [-0.1, -0.05) is 0 Å². The van der Waals surface area contributed by atoms with E-state index in [4.69, 9.17) is 0 Å². The molecule has 1 N–H and O–H groups in total. The van der Waals surface area contributed by atoms with Crippen LogP contribution in [0.4, 0.5) is 0 Å². The Bertz CT molecular complexity index is 154. The topological polar surface area (TPSA) is 23.5 Å². The molecule has 1 atom stereocenters. The van der Waals surface area contributed by atoms with Crippen LogP contribution in [0.2, 0.25) is 0 Å². The van der Waals surface area contributed by atoms with Crippen LogP contribution < -0.4 is 0 Å². The first-order chi connectivity index (χ1) is 5.31. The van der Waals surface area contributed by atoms with Gasteiger partial charge in [-0.3, -0.25) is 4.90 Å². The van der Waals surface area contributed by atoms with Crippen molar-refractivity contribution in [1.82, 2.24) is 4.90 Å². The minimum atomic E-state index is -0.467. The number of hydrogen-bond donors (Lipinski definition) is 1. The van der Waals surface area contributed by atoms with E-state index in [0.717, 1.165) is 25.9 Å². The highest BCUT2D eigenvalue weighted by Gasteiger charge is 2.33. The second-order valence-corrected chi connectivity index (χ2v) is 5.19. The van der Waals surface area contributed by atoms with Gasteiger partial charge in [-0.25, -0.2) is 0 Å². The van der Waals surface area contributed by atoms with E-state index < -0.39 is 5.60 Å². The normalized spacial score (nSPS) is 33.8. The Hall–Kier alpha value is -0.0800. The molecule has 72 valence electrons. The third-order valence-corrected chi connectivity index (χ3v) is 2.62. The molecule has 0 aromatic rings. The summed E-state index contributed by atoms with van der Waals surface area (Å²) < 4.78 is 0. The second kappa shape index (κ2) is 3.00. The van der Waals surface area contributed by atoms with E-state index in [1.807, 2.05) is 6.92 Å². The molecule has 1 unspecified atom stereocenters. The molecule has 2 heteroatoms. The Morgan fingerprint density at radius 1 is 1.33 bits per heavy atom. The maximum absolute atomic E-state index is 9.87. The Balaban J connectivity index is 2.58. The van der Waals surface area contributed by atoms with Crippen molar-refractivity contribution in [3.05, 3.63) is 0 Å². The van der Waals surface area contributed by atoms with E-state index in [2.05, 4.69) is 25.7 Å². The van der Waals surface area contributed by atoms with Gasteiger partial charge in [0.15, 0.2) is 0 Å². The number of rotatable bonds is 0. The molecule has 0 saturated carbocycles. The third kappa shape index (κ3) is 2.46. The monoisotopic (exact) mass is 171 g/mol. The van der Waals surface area contributed by atoms with Crippen LogP contribution in [-0.2, 0) is 0 Å². The fourth-order valence-electron chi connectivity index (χ4n) is 1.79. The predicted molar refractivity (Wildman–Crippen MR) is 51.2 cm³/mol. The van der Waals surface area contributed by atoms with Gasteiger partial charge in [-0.2, -0.15) is 0 Å². The zero-order chi connectivity index (χ0) is 9.41. The van der Waals surface area contributed by atoms with Crippen molar-refractivity contribution in [1.29, 1.82) is 0 Å². The first-order valence-corrected chi connectivity index (χ1v) is 4.79. The highest BCUT2D eigenvalue weighted by Crippen LogP contribution is 2.25. The van der Waals surface area contributed by atoms with Gasteiger partial charge in [0.1, 0.15) is 0 Å². The summed E-state index contributed by atoms with van der Waals surface area (Å²) in [6.07, 6.45) is 2.06. The fourth-order valence-corrected chi connectivity index (χ4v) is 1.79. The Morgan fingerprint density at radius 3 is 2.25 bits per heavy atom. The molecular weight excluding hydrogens is 150 g/mol. The van der Waals surface area contributed by atoms with E-state index in [1.54, 1.807) is 0 Å². The van der Waals surface area contributed by atoms with Crippen molar-refractivity contribution in [2.75, 3.05) is 13.1 Å². The van der Waals surface area contributed by atoms with Crippen LogP contribution in [0.15, 0.2) is 0 Å². The highest BCUT2D eigenvalue weighted by molar-refractivity contribution is 4.88. The molecule has 12 heavy (non-hydrogen) atoms. The van der Waals surface area contributed by atoms with E-state index >= 15 is 0 Å². The lowest BCUT2D eigenvalue weighted by atomic mass is 9.91. The molecule has 0 radical (unpaired) electrons. The molecule has 2 nitrogen and oxygen atoms in total. The van der Waals surface area contributed by atoms with Gasteiger partial charge in [0, 0.05) is 12.1 Å². The lowest BCUT2D eigenvalue weighted by Crippen LogP contribution is -2.53. The Kier molecular flexibility index (Phi) is 2.50. The molecule has 1 aliphatic rings. The number of nitrogens with zero attached hydrogens (tertiary/aromatic N) is 1. The predicted octanol–water partition coefficient (Wildman–Crippen LogP) is 1.63. The van der Waals surface area contributed by atoms with Crippen LogP contribution in [0.3, 0.4) is 0 Å². The maximum atomic E-state index is 9.87. The summed E-state index contributed by atoms with van der Waals surface area (Å²) >= 11 is 0. The summed E-state index contributed by atoms with van der Waals surface area (Å²) in [6.45, 7) is 10.5. The van der Waals surface area contributed by atoms with Gasteiger partial charge in [-0.05, 0) is 47.1 Å². The molecule has 1 fully saturated rings. The van der Waals surface area contributed by atoms with Crippen molar-refractivity contribution in [3.8, 4) is 0 Å². The van der Waals surface area contributed by atoms with E-state index in [1.165, 1.54) is 0 Å². The largest absolute Gasteiger partial charge is 0.389 e. The Labute approximate surface area is 75.6 Å². The van der Waals surface area contributed by atoms with E-state index in [-0.39, 0.29) is 5.54 Å². The Morgan fingerprint density at radius 2 is 1.92 bits per heavy atom. The maximum Gasteiger partial charge on any atom is 0.0746 e. The summed E-state index contributed by atoms with van der Waals surface area (Å²) in [4.78, 5) is 2.36. The molecule has 0 aromatic heterocycles. The van der Waals surface area contributed by atoms with Crippen LogP contribution in [-0.4, -0.2) is 34.2 Å². The quantitative estimate of drug-likeness (QED) is 0.599. The summed E-state index contributed by atoms with van der Waals surface area (Å²) in [7, 11) is 0. The van der Waals surface area contributed by atoms with Gasteiger partial charge < -0.3 is 5.11 Å². The molecule has 0 amide bonds. The zero-order valence-corrected chi connectivity index (χ0v) is 8.72. The van der Waals surface area contributed by atoms with Crippen molar-refractivity contribution in [2.45, 2.75) is 51.7 Å². The molecule has 0 aromatic carbocycles. The van der Waals surface area contributed by atoms with Crippen LogP contribution in [0.5, 0.6) is 0 Å². The number of hydrogen-bond acceptors (Lipinski definition) is 2. The van der Waals surface area contributed by atoms with Gasteiger partial charge in [-0.15, -0.1) is 0 Å². The lowest BCUT2D eigenvalue weighted by Gasteiger charge is -2.44. The fraction of sp³-hybridized carbons (Fsp3) is 1.00. The second-order valence-electron chi connectivity index (χ2n) is 5.19. The number of piperidine rings is 1. The lowest BCUT2D eigenvalue weighted by molar-refractivity contribution is -0.0446. The molecule has 1 rings (SSSR count). The van der Waals surface area contributed by atoms with Crippen molar-refractivity contribution in [2.24, 2.45) is 0 Å². The molecule has 0 spiro atoms. The third-order valence-electron chi connectivity index (χ3n) is 2.62. The standard InChI is InChI=1S/C10H21NO/c1-9(2,3)11-7-5-6-10(4,12)8-11/h12H,5-8H2,1-4H3. The van der Waals surface area contributed by atoms with Crippen molar-refractivity contribution >= 4 is 0 Å². The van der Waals surface area contributed by atoms with Crippen LogP contribution in [0.1, 0.15) is 40.5 Å². The number of aliphatic hydroxyl groups is 1. The molecule has 1 saturated heterocycles. The number of β-amino-alcohol motifs (C(OH)–C–C–N with tert-alkyl or cyclic N) is 1. The van der Waals surface area contributed by atoms with E-state index in [0.29, 0.717) is 0 Å². The summed E-state index contributed by atoms with van der Waals surface area (Å²) in [6, 6.07) is 0. The van der Waals surface area contributed by atoms with Crippen molar-refractivity contribution in [3.63, 3.8) is 0 Å².